The van der Waals surface area contributed by atoms with Crippen LogP contribution in [0.5, 0.6) is 0 Å². The molecule has 7 nitrogen and oxygen atoms in total. The molecular weight excluding hydrogens is 429 g/mol. The summed E-state index contributed by atoms with van der Waals surface area (Å²) in [7, 11) is 1.47. The Bertz CT molecular complexity index is 1090. The second-order valence-electron chi connectivity index (χ2n) is 5.47. The van der Waals surface area contributed by atoms with Crippen molar-refractivity contribution in [3.05, 3.63) is 62.1 Å². The Hall–Kier alpha value is -2.95. The largest absolute Gasteiger partial charge is 0.419 e. The van der Waals surface area contributed by atoms with Crippen LogP contribution >= 0.6 is 15.9 Å². The summed E-state index contributed by atoms with van der Waals surface area (Å²) in [5.74, 6) is -0.609. The minimum Gasteiger partial charge on any atom is -0.383 e. The predicted octanol–water partition coefficient (Wildman–Crippen LogP) is 2.89. The number of halogens is 4. The van der Waals surface area contributed by atoms with Crippen molar-refractivity contribution in [2.24, 2.45) is 7.05 Å². The van der Waals surface area contributed by atoms with Crippen LogP contribution in [0.4, 0.5) is 19.0 Å². The van der Waals surface area contributed by atoms with Crippen LogP contribution in [0.25, 0.3) is 17.8 Å². The van der Waals surface area contributed by atoms with Crippen molar-refractivity contribution in [2.75, 3.05) is 5.73 Å². The lowest BCUT2D eigenvalue weighted by Gasteiger charge is -2.09. The molecule has 0 fully saturated rings. The molecule has 0 atom stereocenters. The van der Waals surface area contributed by atoms with Crippen LogP contribution in [0.15, 0.2) is 39.6 Å². The van der Waals surface area contributed by atoms with E-state index in [1.165, 1.54) is 19.2 Å². The number of tetrazole rings is 1. The first kappa shape index (κ1) is 18.8. The van der Waals surface area contributed by atoms with Gasteiger partial charge < -0.3 is 5.73 Å². The van der Waals surface area contributed by atoms with Gasteiger partial charge in [0.15, 0.2) is 0 Å². The number of aryl methyl sites for hydroxylation is 1. The molecule has 0 bridgehead atoms. The van der Waals surface area contributed by atoms with Crippen molar-refractivity contribution >= 4 is 33.9 Å². The maximum Gasteiger partial charge on any atom is 0.419 e. The Morgan fingerprint density at radius 2 is 1.89 bits per heavy atom. The summed E-state index contributed by atoms with van der Waals surface area (Å²) in [4.78, 5) is 15.9. The number of nitrogens with two attached hydrogens (primary N) is 1. The molecule has 11 heteroatoms. The molecule has 0 unspecified atom stereocenters. The van der Waals surface area contributed by atoms with Gasteiger partial charge in [-0.25, -0.2) is 9.78 Å². The van der Waals surface area contributed by atoms with Gasteiger partial charge in [0.2, 0.25) is 0 Å². The van der Waals surface area contributed by atoms with E-state index in [-0.39, 0.29) is 5.69 Å². The highest BCUT2D eigenvalue weighted by molar-refractivity contribution is 9.10. The average molecular weight is 441 g/mol. The first-order valence-electron chi connectivity index (χ1n) is 7.48. The van der Waals surface area contributed by atoms with Gasteiger partial charge in [-0.05, 0) is 46.8 Å². The minimum atomic E-state index is -4.57. The van der Waals surface area contributed by atoms with Gasteiger partial charge in [-0.15, -0.1) is 0 Å². The fraction of sp³-hybridized carbons (Fsp3) is 0.125. The van der Waals surface area contributed by atoms with E-state index in [0.717, 1.165) is 15.4 Å². The Kier molecular flexibility index (Phi) is 4.87. The van der Waals surface area contributed by atoms with E-state index >= 15 is 0 Å². The minimum absolute atomic E-state index is 0.230. The molecule has 1 aromatic carbocycles. The molecule has 0 saturated heterocycles. The van der Waals surface area contributed by atoms with Gasteiger partial charge >= 0.3 is 11.9 Å². The summed E-state index contributed by atoms with van der Waals surface area (Å²) in [6.45, 7) is 0. The van der Waals surface area contributed by atoms with E-state index in [9.17, 15) is 18.0 Å². The van der Waals surface area contributed by atoms with Gasteiger partial charge in [-0.3, -0.25) is 0 Å². The molecule has 0 aliphatic carbocycles. The molecular formula is C16H12BrF3N6O. The van der Waals surface area contributed by atoms with Crippen molar-refractivity contribution in [2.45, 2.75) is 6.18 Å². The molecule has 27 heavy (non-hydrogen) atoms. The van der Waals surface area contributed by atoms with E-state index < -0.39 is 23.2 Å². The number of anilines is 1. The zero-order valence-electron chi connectivity index (χ0n) is 13.8. The Balaban J connectivity index is 2.03. The van der Waals surface area contributed by atoms with E-state index in [1.54, 1.807) is 24.3 Å². The molecule has 3 aromatic rings. The number of benzene rings is 1. The number of nitrogen functional groups attached to an aromatic ring is 1. The summed E-state index contributed by atoms with van der Waals surface area (Å²) in [6.07, 6.45) is -1.49. The maximum absolute atomic E-state index is 12.8. The summed E-state index contributed by atoms with van der Waals surface area (Å²) in [5.41, 5.74) is 5.21. The Labute approximate surface area is 159 Å². The summed E-state index contributed by atoms with van der Waals surface area (Å²) in [5, 5.41) is 7.47. The van der Waals surface area contributed by atoms with Crippen LogP contribution in [0.3, 0.4) is 0 Å². The summed E-state index contributed by atoms with van der Waals surface area (Å²) in [6, 6.07) is 7.21. The Morgan fingerprint density at radius 1 is 1.15 bits per heavy atom. The predicted molar refractivity (Wildman–Crippen MR) is 96.9 cm³/mol. The molecule has 3 rings (SSSR count). The van der Waals surface area contributed by atoms with Crippen molar-refractivity contribution in [1.29, 1.82) is 0 Å². The van der Waals surface area contributed by atoms with Crippen LogP contribution in [0.1, 0.15) is 16.8 Å². The van der Waals surface area contributed by atoms with Crippen LogP contribution in [-0.4, -0.2) is 24.8 Å². The molecule has 0 aliphatic heterocycles. The van der Waals surface area contributed by atoms with Gasteiger partial charge in [-0.1, -0.05) is 22.0 Å². The monoisotopic (exact) mass is 440 g/mol. The van der Waals surface area contributed by atoms with Crippen molar-refractivity contribution in [1.82, 2.24) is 24.8 Å². The first-order valence-corrected chi connectivity index (χ1v) is 8.27. The maximum atomic E-state index is 12.8. The highest BCUT2D eigenvalue weighted by atomic mass is 79.9. The van der Waals surface area contributed by atoms with Gasteiger partial charge in [0, 0.05) is 17.1 Å². The topological polar surface area (TPSA) is 91.6 Å². The lowest BCUT2D eigenvalue weighted by Crippen LogP contribution is -2.22. The third-order valence-corrected chi connectivity index (χ3v) is 4.34. The standard InChI is InChI=1S/C16H12BrF3N6O/c1-25-15(27)26(24-23-25)13-4-2-3-12(17)10(13)7-5-9-6-8-11(14(21)22-9)16(18,19)20/h2-8H,1H3,(H2,21,22)/b7-5+. The molecule has 2 heterocycles. The fourth-order valence-corrected chi connectivity index (χ4v) is 2.82. The normalized spacial score (nSPS) is 12.0. The molecule has 0 amide bonds. The van der Waals surface area contributed by atoms with Gasteiger partial charge in [-0.2, -0.15) is 22.5 Å². The van der Waals surface area contributed by atoms with E-state index in [2.05, 4.69) is 31.3 Å². The van der Waals surface area contributed by atoms with E-state index in [1.807, 2.05) is 0 Å². The van der Waals surface area contributed by atoms with E-state index in [4.69, 9.17) is 5.73 Å². The van der Waals surface area contributed by atoms with Crippen LogP contribution in [-0.2, 0) is 13.2 Å². The van der Waals surface area contributed by atoms with Crippen LogP contribution < -0.4 is 11.4 Å². The second kappa shape index (κ2) is 6.99. The summed E-state index contributed by atoms with van der Waals surface area (Å²) < 4.78 is 41.2. The van der Waals surface area contributed by atoms with Gasteiger partial charge in [0.25, 0.3) is 0 Å². The zero-order chi connectivity index (χ0) is 19.8. The van der Waals surface area contributed by atoms with Crippen LogP contribution in [0, 0.1) is 0 Å². The number of nitrogens with zero attached hydrogens (tertiary/aromatic N) is 5. The smallest absolute Gasteiger partial charge is 0.383 e. The number of alkyl halides is 3. The molecule has 2 aromatic heterocycles. The molecule has 2 N–H and O–H groups in total. The lowest BCUT2D eigenvalue weighted by atomic mass is 10.1. The third-order valence-electron chi connectivity index (χ3n) is 3.65. The average Bonchev–Trinajstić information content (AvgIpc) is 2.91. The van der Waals surface area contributed by atoms with E-state index in [0.29, 0.717) is 15.7 Å². The van der Waals surface area contributed by atoms with Gasteiger partial charge in [0.1, 0.15) is 5.82 Å². The summed E-state index contributed by atoms with van der Waals surface area (Å²) >= 11 is 3.39. The first-order chi connectivity index (χ1) is 12.7. The van der Waals surface area contributed by atoms with Crippen LogP contribution in [0.2, 0.25) is 0 Å². The number of rotatable bonds is 3. The highest BCUT2D eigenvalue weighted by Gasteiger charge is 2.33. The molecule has 0 radical (unpaired) electrons. The molecule has 0 aliphatic rings. The highest BCUT2D eigenvalue weighted by Crippen LogP contribution is 2.33. The third kappa shape index (κ3) is 3.77. The fourth-order valence-electron chi connectivity index (χ4n) is 2.33. The van der Waals surface area contributed by atoms with Crippen molar-refractivity contribution in [3.8, 4) is 5.69 Å². The molecule has 0 saturated carbocycles. The number of pyridine rings is 1. The lowest BCUT2D eigenvalue weighted by molar-refractivity contribution is -0.137. The van der Waals surface area contributed by atoms with Crippen molar-refractivity contribution < 1.29 is 13.2 Å². The number of hydrogen-bond donors (Lipinski definition) is 1. The second-order valence-corrected chi connectivity index (χ2v) is 6.32. The number of hydrogen-bond acceptors (Lipinski definition) is 5. The molecule has 140 valence electrons. The van der Waals surface area contributed by atoms with Gasteiger partial charge in [0.05, 0.1) is 16.9 Å². The molecule has 0 spiro atoms. The SMILES string of the molecule is Cn1nnn(-c2cccc(Br)c2/C=C/c2ccc(C(F)(F)F)c(N)n2)c1=O. The zero-order valence-corrected chi connectivity index (χ0v) is 15.4. The van der Waals surface area contributed by atoms with Crippen molar-refractivity contribution in [3.63, 3.8) is 0 Å². The quantitative estimate of drug-likeness (QED) is 0.675. The Morgan fingerprint density at radius 3 is 2.48 bits per heavy atom. The number of aromatic nitrogens is 5.